The van der Waals surface area contributed by atoms with E-state index >= 15 is 0 Å². The van der Waals surface area contributed by atoms with Crippen LogP contribution in [0.15, 0.2) is 66.9 Å². The molecular formula is C31H26F2N6O3. The normalized spacial score (nSPS) is 18.4. The van der Waals surface area contributed by atoms with Crippen molar-refractivity contribution in [3.05, 3.63) is 89.1 Å². The summed E-state index contributed by atoms with van der Waals surface area (Å²) in [6, 6.07) is 16.8. The Morgan fingerprint density at radius 1 is 1.07 bits per heavy atom. The Morgan fingerprint density at radius 2 is 1.79 bits per heavy atom. The van der Waals surface area contributed by atoms with Crippen molar-refractivity contribution in [2.75, 3.05) is 9.80 Å². The van der Waals surface area contributed by atoms with E-state index in [-0.39, 0.29) is 41.4 Å². The first-order chi connectivity index (χ1) is 20.1. The van der Waals surface area contributed by atoms with Crippen LogP contribution in [0.25, 0.3) is 0 Å². The largest absolute Gasteiger partial charge is 0.351 e. The predicted octanol–water partition coefficient (Wildman–Crippen LogP) is 4.32. The van der Waals surface area contributed by atoms with Crippen LogP contribution in [0.3, 0.4) is 0 Å². The lowest BCUT2D eigenvalue weighted by molar-refractivity contribution is -0.133. The minimum absolute atomic E-state index is 0.0271. The molecule has 1 N–H and O–H groups in total. The maximum atomic E-state index is 14.6. The van der Waals surface area contributed by atoms with Gasteiger partial charge in [-0.05, 0) is 54.8 Å². The topological polar surface area (TPSA) is 130 Å². The van der Waals surface area contributed by atoms with Gasteiger partial charge in [-0.15, -0.1) is 0 Å². The summed E-state index contributed by atoms with van der Waals surface area (Å²) in [7, 11) is 0. The number of halogens is 2. The number of nitrogens with one attached hydrogen (secondary N) is 1. The van der Waals surface area contributed by atoms with E-state index < -0.39 is 48.7 Å². The third kappa shape index (κ3) is 5.54. The van der Waals surface area contributed by atoms with Gasteiger partial charge < -0.3 is 5.32 Å². The lowest BCUT2D eigenvalue weighted by Gasteiger charge is -2.39. The quantitative estimate of drug-likeness (QED) is 0.452. The predicted molar refractivity (Wildman–Crippen MR) is 148 cm³/mol. The molecule has 1 saturated carbocycles. The van der Waals surface area contributed by atoms with Crippen molar-refractivity contribution in [1.29, 1.82) is 10.5 Å². The highest BCUT2D eigenvalue weighted by Gasteiger charge is 2.48. The number of amides is 3. The van der Waals surface area contributed by atoms with E-state index in [1.54, 1.807) is 49.4 Å². The number of pyridine rings is 1. The fourth-order valence-electron chi connectivity index (χ4n) is 5.45. The number of hydrogen-bond acceptors (Lipinski definition) is 6. The van der Waals surface area contributed by atoms with E-state index in [0.29, 0.717) is 11.1 Å². The molecule has 3 amide bonds. The smallest absolute Gasteiger partial charge is 0.252 e. The fraction of sp³-hybridized carbons (Fsp3) is 0.290. The molecule has 11 heteroatoms. The fourth-order valence-corrected chi connectivity index (χ4v) is 5.45. The molecule has 2 fully saturated rings. The Balaban J connectivity index is 1.62. The summed E-state index contributed by atoms with van der Waals surface area (Å²) in [4.78, 5) is 48.3. The third-order valence-electron chi connectivity index (χ3n) is 7.54. The molecule has 212 valence electrons. The first-order valence-corrected chi connectivity index (χ1v) is 13.4. The second kappa shape index (κ2) is 11.4. The van der Waals surface area contributed by atoms with Crippen molar-refractivity contribution in [2.24, 2.45) is 0 Å². The molecule has 9 nitrogen and oxygen atoms in total. The molecule has 1 aliphatic carbocycles. The Kier molecular flexibility index (Phi) is 7.68. The van der Waals surface area contributed by atoms with Gasteiger partial charge in [0.25, 0.3) is 11.8 Å². The van der Waals surface area contributed by atoms with Gasteiger partial charge in [-0.1, -0.05) is 30.3 Å². The Bertz CT molecular complexity index is 1640. The van der Waals surface area contributed by atoms with Crippen molar-refractivity contribution in [1.82, 2.24) is 10.3 Å². The third-order valence-corrected chi connectivity index (χ3v) is 7.54. The standard InChI is InChI=1S/C31H26F2N6O3/c1-19-5-2-3-8-24(19)28(29(41)37-22-15-31(32,33)16-22)38(23-7-4-6-20(13-23)17-34)30(42)25-9-10-27(40)39(25)26-14-21(18-35)11-12-36-26/h2-8,11-14,22,25,28H,9-10,15-16H2,1H3,(H,37,41)/t25-,28?/m0/s1. The van der Waals surface area contributed by atoms with Crippen LogP contribution in [0.1, 0.15) is 54.0 Å². The molecular weight excluding hydrogens is 542 g/mol. The number of hydrogen-bond donors (Lipinski definition) is 1. The van der Waals surface area contributed by atoms with Crippen LogP contribution in [0.2, 0.25) is 0 Å². The molecule has 1 aliphatic heterocycles. The van der Waals surface area contributed by atoms with E-state index in [0.717, 1.165) is 0 Å². The van der Waals surface area contributed by atoms with Crippen molar-refractivity contribution in [3.8, 4) is 12.1 Å². The number of aryl methyl sites for hydroxylation is 1. The van der Waals surface area contributed by atoms with Gasteiger partial charge in [0.05, 0.1) is 23.3 Å². The second-order valence-electron chi connectivity index (χ2n) is 10.4. The molecule has 0 spiro atoms. The zero-order chi connectivity index (χ0) is 30.0. The van der Waals surface area contributed by atoms with E-state index in [9.17, 15) is 33.7 Å². The number of nitriles is 2. The molecule has 5 rings (SSSR count). The number of aromatic nitrogens is 1. The molecule has 1 aromatic heterocycles. The van der Waals surface area contributed by atoms with Gasteiger partial charge in [0.15, 0.2) is 0 Å². The summed E-state index contributed by atoms with van der Waals surface area (Å²) in [6.07, 6.45) is 0.486. The molecule has 1 saturated heterocycles. The van der Waals surface area contributed by atoms with Crippen LogP contribution in [0.4, 0.5) is 20.3 Å². The lowest BCUT2D eigenvalue weighted by atomic mass is 9.87. The van der Waals surface area contributed by atoms with Crippen molar-refractivity contribution in [2.45, 2.75) is 56.7 Å². The number of carbonyl (C=O) groups excluding carboxylic acids is 3. The van der Waals surface area contributed by atoms with Gasteiger partial charge in [-0.2, -0.15) is 10.5 Å². The van der Waals surface area contributed by atoms with Crippen LogP contribution in [-0.4, -0.2) is 40.7 Å². The maximum Gasteiger partial charge on any atom is 0.252 e. The SMILES string of the molecule is Cc1ccccc1C(C(=O)NC1CC(F)(F)C1)N(C(=O)[C@@H]1CCC(=O)N1c1cc(C#N)ccn1)c1cccc(C#N)c1. The van der Waals surface area contributed by atoms with Gasteiger partial charge in [0, 0.05) is 37.2 Å². The van der Waals surface area contributed by atoms with Gasteiger partial charge in [-0.3, -0.25) is 24.2 Å². The zero-order valence-corrected chi connectivity index (χ0v) is 22.6. The first kappa shape index (κ1) is 28.4. The summed E-state index contributed by atoms with van der Waals surface area (Å²) in [5, 5.41) is 21.6. The molecule has 1 unspecified atom stereocenters. The summed E-state index contributed by atoms with van der Waals surface area (Å²) in [5.74, 6) is -4.42. The highest BCUT2D eigenvalue weighted by atomic mass is 19.3. The first-order valence-electron chi connectivity index (χ1n) is 13.4. The zero-order valence-electron chi connectivity index (χ0n) is 22.6. The van der Waals surface area contributed by atoms with Gasteiger partial charge >= 0.3 is 0 Å². The number of nitrogens with zero attached hydrogens (tertiary/aromatic N) is 5. The number of rotatable bonds is 7. The van der Waals surface area contributed by atoms with Gasteiger partial charge in [0.2, 0.25) is 11.8 Å². The van der Waals surface area contributed by atoms with Crippen LogP contribution >= 0.6 is 0 Å². The number of alkyl halides is 2. The lowest BCUT2D eigenvalue weighted by Crippen LogP contribution is -2.56. The van der Waals surface area contributed by atoms with Crippen LogP contribution in [-0.2, 0) is 14.4 Å². The highest BCUT2D eigenvalue weighted by molar-refractivity contribution is 6.10. The van der Waals surface area contributed by atoms with E-state index in [2.05, 4.69) is 10.3 Å². The highest BCUT2D eigenvalue weighted by Crippen LogP contribution is 2.39. The number of anilines is 2. The second-order valence-corrected chi connectivity index (χ2v) is 10.4. The van der Waals surface area contributed by atoms with Crippen molar-refractivity contribution < 1.29 is 23.2 Å². The Morgan fingerprint density at radius 3 is 2.48 bits per heavy atom. The van der Waals surface area contributed by atoms with E-state index in [4.69, 9.17) is 0 Å². The maximum absolute atomic E-state index is 14.6. The van der Waals surface area contributed by atoms with Crippen LogP contribution in [0.5, 0.6) is 0 Å². The molecule has 2 heterocycles. The molecule has 0 radical (unpaired) electrons. The van der Waals surface area contributed by atoms with E-state index in [1.807, 2.05) is 12.1 Å². The van der Waals surface area contributed by atoms with Crippen LogP contribution < -0.4 is 15.1 Å². The minimum Gasteiger partial charge on any atom is -0.351 e. The molecule has 0 bridgehead atoms. The minimum atomic E-state index is -2.87. The average Bonchev–Trinajstić information content (AvgIpc) is 3.36. The van der Waals surface area contributed by atoms with Crippen molar-refractivity contribution in [3.63, 3.8) is 0 Å². The number of carbonyl (C=O) groups is 3. The molecule has 42 heavy (non-hydrogen) atoms. The molecule has 3 aromatic rings. The monoisotopic (exact) mass is 568 g/mol. The summed E-state index contributed by atoms with van der Waals surface area (Å²) in [5.41, 5.74) is 1.83. The van der Waals surface area contributed by atoms with E-state index in [1.165, 1.54) is 34.2 Å². The molecule has 2 aromatic carbocycles. The Hall–Kier alpha value is -5.16. The summed E-state index contributed by atoms with van der Waals surface area (Å²) < 4.78 is 27.3. The Labute approximate surface area is 241 Å². The average molecular weight is 569 g/mol. The van der Waals surface area contributed by atoms with Crippen molar-refractivity contribution >= 4 is 29.2 Å². The van der Waals surface area contributed by atoms with Gasteiger partial charge in [-0.25, -0.2) is 13.8 Å². The summed E-state index contributed by atoms with van der Waals surface area (Å²) >= 11 is 0. The summed E-state index contributed by atoms with van der Waals surface area (Å²) in [6.45, 7) is 1.77. The van der Waals surface area contributed by atoms with Crippen LogP contribution in [0, 0.1) is 29.6 Å². The molecule has 2 aliphatic rings. The van der Waals surface area contributed by atoms with Gasteiger partial charge in [0.1, 0.15) is 17.9 Å². The molecule has 2 atom stereocenters. The number of benzene rings is 2.